The number of hydrogen-bond donors (Lipinski definition) is 1. The Labute approximate surface area is 136 Å². The fourth-order valence-electron chi connectivity index (χ4n) is 1.99. The molecule has 0 heterocycles. The van der Waals surface area contributed by atoms with Crippen LogP contribution in [0.2, 0.25) is 0 Å². The first kappa shape index (κ1) is 16.8. The molecule has 0 spiro atoms. The van der Waals surface area contributed by atoms with E-state index in [1.807, 2.05) is 25.1 Å². The molecule has 0 aromatic heterocycles. The molecule has 5 nitrogen and oxygen atoms in total. The first-order valence-electron chi connectivity index (χ1n) is 7.49. The summed E-state index contributed by atoms with van der Waals surface area (Å²) in [4.78, 5) is 12.3. The molecular formula is C18H21NO4. The third kappa shape index (κ3) is 5.00. The van der Waals surface area contributed by atoms with E-state index in [1.165, 1.54) is 0 Å². The fourth-order valence-corrected chi connectivity index (χ4v) is 1.99. The molecule has 0 radical (unpaired) electrons. The van der Waals surface area contributed by atoms with Gasteiger partial charge < -0.3 is 19.5 Å². The van der Waals surface area contributed by atoms with E-state index >= 15 is 0 Å². The van der Waals surface area contributed by atoms with Gasteiger partial charge >= 0.3 is 0 Å². The summed E-state index contributed by atoms with van der Waals surface area (Å²) in [7, 11) is 1.59. The van der Waals surface area contributed by atoms with Crippen LogP contribution in [0.25, 0.3) is 0 Å². The molecule has 0 saturated heterocycles. The van der Waals surface area contributed by atoms with Crippen LogP contribution < -0.4 is 14.8 Å². The molecule has 0 saturated carbocycles. The molecule has 0 aliphatic rings. The normalized spacial score (nSPS) is 10.2. The smallest absolute Gasteiger partial charge is 0.255 e. The van der Waals surface area contributed by atoms with Gasteiger partial charge in [0.15, 0.2) is 0 Å². The third-order valence-corrected chi connectivity index (χ3v) is 3.18. The first-order valence-corrected chi connectivity index (χ1v) is 7.49. The minimum Gasteiger partial charge on any atom is -0.497 e. The van der Waals surface area contributed by atoms with Gasteiger partial charge in [-0.3, -0.25) is 4.79 Å². The van der Waals surface area contributed by atoms with Crippen LogP contribution in [0, 0.1) is 0 Å². The van der Waals surface area contributed by atoms with Crippen LogP contribution in [-0.4, -0.2) is 32.8 Å². The van der Waals surface area contributed by atoms with Crippen molar-refractivity contribution >= 4 is 11.6 Å². The number of methoxy groups -OCH3 is 1. The maximum absolute atomic E-state index is 12.3. The Hall–Kier alpha value is -2.53. The number of carbonyl (C=O) groups is 1. The van der Waals surface area contributed by atoms with Crippen LogP contribution in [-0.2, 0) is 4.74 Å². The van der Waals surface area contributed by atoms with Gasteiger partial charge in [0.1, 0.15) is 18.1 Å². The number of para-hydroxylation sites is 2. The topological polar surface area (TPSA) is 56.8 Å². The van der Waals surface area contributed by atoms with Crippen LogP contribution in [0.15, 0.2) is 48.5 Å². The Morgan fingerprint density at radius 1 is 1.04 bits per heavy atom. The molecule has 2 rings (SSSR count). The number of ether oxygens (including phenoxy) is 3. The highest BCUT2D eigenvalue weighted by molar-refractivity contribution is 6.05. The van der Waals surface area contributed by atoms with E-state index in [1.54, 1.807) is 37.4 Å². The molecule has 1 N–H and O–H groups in total. The van der Waals surface area contributed by atoms with Crippen molar-refractivity contribution in [2.45, 2.75) is 6.92 Å². The summed E-state index contributed by atoms with van der Waals surface area (Å²) >= 11 is 0. The minimum absolute atomic E-state index is 0.200. The van der Waals surface area contributed by atoms with E-state index in [0.717, 1.165) is 0 Å². The molecular weight excluding hydrogens is 294 g/mol. The number of hydrogen-bond acceptors (Lipinski definition) is 4. The number of amides is 1. The molecule has 0 unspecified atom stereocenters. The van der Waals surface area contributed by atoms with Crippen molar-refractivity contribution in [3.8, 4) is 11.5 Å². The predicted octanol–water partition coefficient (Wildman–Crippen LogP) is 3.36. The molecule has 2 aromatic rings. The Kier molecular flexibility index (Phi) is 6.44. The van der Waals surface area contributed by atoms with Gasteiger partial charge in [-0.25, -0.2) is 0 Å². The van der Waals surface area contributed by atoms with Crippen LogP contribution >= 0.6 is 0 Å². The lowest BCUT2D eigenvalue weighted by Crippen LogP contribution is -2.14. The van der Waals surface area contributed by atoms with Gasteiger partial charge in [0, 0.05) is 12.2 Å². The Morgan fingerprint density at radius 3 is 2.48 bits per heavy atom. The van der Waals surface area contributed by atoms with Gasteiger partial charge in [0.25, 0.3) is 5.91 Å². The van der Waals surface area contributed by atoms with Crippen LogP contribution in [0.3, 0.4) is 0 Å². The van der Waals surface area contributed by atoms with Crippen molar-refractivity contribution < 1.29 is 19.0 Å². The van der Waals surface area contributed by atoms with Crippen molar-refractivity contribution in [2.24, 2.45) is 0 Å². The summed E-state index contributed by atoms with van der Waals surface area (Å²) in [5.41, 5.74) is 1.18. The van der Waals surface area contributed by atoms with Crippen LogP contribution in [0.4, 0.5) is 5.69 Å². The SMILES string of the molecule is CCOCCOc1ccccc1NC(=O)c1ccc(OC)cc1. The van der Waals surface area contributed by atoms with E-state index in [0.29, 0.717) is 42.6 Å². The minimum atomic E-state index is -0.200. The van der Waals surface area contributed by atoms with Gasteiger partial charge in [-0.15, -0.1) is 0 Å². The fraction of sp³-hybridized carbons (Fsp3) is 0.278. The first-order chi connectivity index (χ1) is 11.2. The zero-order valence-electron chi connectivity index (χ0n) is 13.4. The molecule has 23 heavy (non-hydrogen) atoms. The summed E-state index contributed by atoms with van der Waals surface area (Å²) in [6.07, 6.45) is 0. The quantitative estimate of drug-likeness (QED) is 0.759. The summed E-state index contributed by atoms with van der Waals surface area (Å²) in [6.45, 7) is 3.53. The molecule has 0 aliphatic heterocycles. The highest BCUT2D eigenvalue weighted by atomic mass is 16.5. The lowest BCUT2D eigenvalue weighted by Gasteiger charge is -2.12. The number of benzene rings is 2. The summed E-state index contributed by atoms with van der Waals surface area (Å²) < 4.78 is 16.0. The number of anilines is 1. The third-order valence-electron chi connectivity index (χ3n) is 3.18. The zero-order chi connectivity index (χ0) is 16.5. The van der Waals surface area contributed by atoms with E-state index < -0.39 is 0 Å². The van der Waals surface area contributed by atoms with Gasteiger partial charge in [-0.1, -0.05) is 12.1 Å². The number of carbonyl (C=O) groups excluding carboxylic acids is 1. The average Bonchev–Trinajstić information content (AvgIpc) is 2.60. The van der Waals surface area contributed by atoms with Gasteiger partial charge in [0.05, 0.1) is 19.4 Å². The second-order valence-electron chi connectivity index (χ2n) is 4.72. The predicted molar refractivity (Wildman–Crippen MR) is 89.4 cm³/mol. The van der Waals surface area contributed by atoms with Crippen molar-refractivity contribution in [3.63, 3.8) is 0 Å². The number of nitrogens with one attached hydrogen (secondary N) is 1. The average molecular weight is 315 g/mol. The van der Waals surface area contributed by atoms with E-state index in [4.69, 9.17) is 14.2 Å². The Bertz CT molecular complexity index is 625. The standard InChI is InChI=1S/C18H21NO4/c1-3-22-12-13-23-17-7-5-4-6-16(17)19-18(20)14-8-10-15(21-2)11-9-14/h4-11H,3,12-13H2,1-2H3,(H,19,20). The highest BCUT2D eigenvalue weighted by Gasteiger charge is 2.10. The van der Waals surface area contributed by atoms with Crippen molar-refractivity contribution in [1.82, 2.24) is 0 Å². The lowest BCUT2D eigenvalue weighted by atomic mass is 10.2. The van der Waals surface area contributed by atoms with Crippen molar-refractivity contribution in [3.05, 3.63) is 54.1 Å². The molecule has 0 atom stereocenters. The van der Waals surface area contributed by atoms with Crippen molar-refractivity contribution in [1.29, 1.82) is 0 Å². The molecule has 1 amide bonds. The van der Waals surface area contributed by atoms with Gasteiger partial charge in [-0.05, 0) is 43.3 Å². The van der Waals surface area contributed by atoms with E-state index in [9.17, 15) is 4.79 Å². The molecule has 0 aliphatic carbocycles. The second kappa shape index (κ2) is 8.80. The molecule has 0 bridgehead atoms. The summed E-state index contributed by atoms with van der Waals surface area (Å²) in [5, 5.41) is 2.86. The number of rotatable bonds is 8. The maximum atomic E-state index is 12.3. The van der Waals surface area contributed by atoms with Crippen LogP contribution in [0.5, 0.6) is 11.5 Å². The van der Waals surface area contributed by atoms with E-state index in [-0.39, 0.29) is 5.91 Å². The van der Waals surface area contributed by atoms with Crippen LogP contribution in [0.1, 0.15) is 17.3 Å². The zero-order valence-corrected chi connectivity index (χ0v) is 13.4. The highest BCUT2D eigenvalue weighted by Crippen LogP contribution is 2.24. The molecule has 122 valence electrons. The maximum Gasteiger partial charge on any atom is 0.255 e. The Morgan fingerprint density at radius 2 is 1.78 bits per heavy atom. The van der Waals surface area contributed by atoms with Gasteiger partial charge in [0.2, 0.25) is 0 Å². The molecule has 5 heteroatoms. The largest absolute Gasteiger partial charge is 0.497 e. The summed E-state index contributed by atoms with van der Waals surface area (Å²) in [6, 6.07) is 14.3. The monoisotopic (exact) mass is 315 g/mol. The molecule has 2 aromatic carbocycles. The second-order valence-corrected chi connectivity index (χ2v) is 4.72. The van der Waals surface area contributed by atoms with Crippen molar-refractivity contribution in [2.75, 3.05) is 32.2 Å². The van der Waals surface area contributed by atoms with E-state index in [2.05, 4.69) is 5.32 Å². The molecule has 0 fully saturated rings. The lowest BCUT2D eigenvalue weighted by molar-refractivity contribution is 0.102. The Balaban J connectivity index is 2.02. The van der Waals surface area contributed by atoms with Gasteiger partial charge in [-0.2, -0.15) is 0 Å². The summed E-state index contributed by atoms with van der Waals surface area (Å²) in [5.74, 6) is 1.13.